The van der Waals surface area contributed by atoms with Gasteiger partial charge in [-0.2, -0.15) is 0 Å². The predicted molar refractivity (Wildman–Crippen MR) is 120 cm³/mol. The molecule has 0 atom stereocenters. The summed E-state index contributed by atoms with van der Waals surface area (Å²) in [4.78, 5) is 24.1. The lowest BCUT2D eigenvalue weighted by atomic mass is 10.2. The van der Waals surface area contributed by atoms with Crippen LogP contribution >= 0.6 is 11.8 Å². The standard InChI is InChI=1S/C22H23N5O4S/c1-30-16-11-9-15(10-12-16)27-20(17-5-3-4-6-18(17)31-2)25-26-22(27)32-13-19(28)24-21(29)23-14-7-8-14/h3-6,9-12,14H,7-8,13H2,1-2H3,(H2,23,24,28,29). The van der Waals surface area contributed by atoms with Gasteiger partial charge < -0.3 is 14.8 Å². The smallest absolute Gasteiger partial charge is 0.321 e. The van der Waals surface area contributed by atoms with Gasteiger partial charge >= 0.3 is 6.03 Å². The molecule has 1 aromatic heterocycles. The van der Waals surface area contributed by atoms with Gasteiger partial charge in [0.25, 0.3) is 0 Å². The van der Waals surface area contributed by atoms with E-state index in [0.29, 0.717) is 16.7 Å². The summed E-state index contributed by atoms with van der Waals surface area (Å²) >= 11 is 1.19. The zero-order valence-corrected chi connectivity index (χ0v) is 18.5. The quantitative estimate of drug-likeness (QED) is 0.505. The van der Waals surface area contributed by atoms with Crippen LogP contribution in [0.5, 0.6) is 11.5 Å². The van der Waals surface area contributed by atoms with Crippen LogP contribution in [0.4, 0.5) is 4.79 Å². The summed E-state index contributed by atoms with van der Waals surface area (Å²) in [6.07, 6.45) is 1.90. The molecule has 3 amide bonds. The highest BCUT2D eigenvalue weighted by Gasteiger charge is 2.24. The van der Waals surface area contributed by atoms with Gasteiger partial charge in [0.15, 0.2) is 11.0 Å². The van der Waals surface area contributed by atoms with Gasteiger partial charge in [0, 0.05) is 6.04 Å². The lowest BCUT2D eigenvalue weighted by Gasteiger charge is -2.13. The first-order valence-electron chi connectivity index (χ1n) is 10.1. The average Bonchev–Trinajstić information content (AvgIpc) is 3.52. The van der Waals surface area contributed by atoms with Crippen molar-refractivity contribution in [3.8, 4) is 28.6 Å². The predicted octanol–water partition coefficient (Wildman–Crippen LogP) is 3.03. The van der Waals surface area contributed by atoms with E-state index in [1.807, 2.05) is 53.1 Å². The molecule has 1 fully saturated rings. The molecule has 2 aromatic carbocycles. The molecule has 3 aromatic rings. The highest BCUT2D eigenvalue weighted by atomic mass is 32.2. The van der Waals surface area contributed by atoms with Crippen molar-refractivity contribution >= 4 is 23.7 Å². The van der Waals surface area contributed by atoms with Crippen molar-refractivity contribution in [1.82, 2.24) is 25.4 Å². The lowest BCUT2D eigenvalue weighted by Crippen LogP contribution is -2.41. The molecule has 0 spiro atoms. The minimum atomic E-state index is -0.468. The largest absolute Gasteiger partial charge is 0.497 e. The number of rotatable bonds is 8. The summed E-state index contributed by atoms with van der Waals surface area (Å²) in [5.74, 6) is 1.55. The monoisotopic (exact) mass is 453 g/mol. The number of nitrogens with zero attached hydrogens (tertiary/aromatic N) is 3. The molecule has 1 saturated carbocycles. The van der Waals surface area contributed by atoms with Crippen LogP contribution in [0.2, 0.25) is 0 Å². The number of imide groups is 1. The Morgan fingerprint density at radius 1 is 1.06 bits per heavy atom. The zero-order valence-electron chi connectivity index (χ0n) is 17.7. The molecule has 1 heterocycles. The van der Waals surface area contributed by atoms with Crippen molar-refractivity contribution in [2.24, 2.45) is 0 Å². The molecular weight excluding hydrogens is 430 g/mol. The van der Waals surface area contributed by atoms with Crippen molar-refractivity contribution in [3.05, 3.63) is 48.5 Å². The highest BCUT2D eigenvalue weighted by molar-refractivity contribution is 7.99. The molecule has 10 heteroatoms. The fourth-order valence-corrected chi connectivity index (χ4v) is 3.83. The lowest BCUT2D eigenvalue weighted by molar-refractivity contribution is -0.117. The number of para-hydroxylation sites is 1. The second kappa shape index (κ2) is 9.73. The van der Waals surface area contributed by atoms with Crippen LogP contribution in [0.1, 0.15) is 12.8 Å². The summed E-state index contributed by atoms with van der Waals surface area (Å²) in [5.41, 5.74) is 1.56. The van der Waals surface area contributed by atoms with Gasteiger partial charge in [0.05, 0.1) is 31.2 Å². The SMILES string of the molecule is COc1ccc(-n2c(SCC(=O)NC(=O)NC3CC3)nnc2-c2ccccc2OC)cc1. The number of amides is 3. The van der Waals surface area contributed by atoms with Crippen LogP contribution in [0.15, 0.2) is 53.7 Å². The molecule has 9 nitrogen and oxygen atoms in total. The third-order valence-corrected chi connectivity index (χ3v) is 5.74. The fraction of sp³-hybridized carbons (Fsp3) is 0.273. The maximum Gasteiger partial charge on any atom is 0.321 e. The van der Waals surface area contributed by atoms with Crippen LogP contribution < -0.4 is 20.1 Å². The first kappa shape index (κ1) is 21.7. The first-order valence-corrected chi connectivity index (χ1v) is 11.0. The molecule has 1 aliphatic carbocycles. The molecule has 0 saturated heterocycles. The van der Waals surface area contributed by atoms with E-state index in [-0.39, 0.29) is 11.8 Å². The Kier molecular flexibility index (Phi) is 6.60. The molecule has 0 bridgehead atoms. The molecule has 0 aliphatic heterocycles. The van der Waals surface area contributed by atoms with Crippen LogP contribution in [-0.4, -0.2) is 52.7 Å². The maximum atomic E-state index is 12.3. The molecule has 2 N–H and O–H groups in total. The van der Waals surface area contributed by atoms with Gasteiger partial charge in [-0.15, -0.1) is 10.2 Å². The molecule has 166 valence electrons. The maximum absolute atomic E-state index is 12.3. The van der Waals surface area contributed by atoms with Crippen molar-refractivity contribution in [2.45, 2.75) is 24.0 Å². The normalized spacial score (nSPS) is 12.8. The third kappa shape index (κ3) is 5.02. The highest BCUT2D eigenvalue weighted by Crippen LogP contribution is 2.33. The van der Waals surface area contributed by atoms with E-state index in [9.17, 15) is 9.59 Å². The Labute approximate surface area is 189 Å². The van der Waals surface area contributed by atoms with Crippen LogP contribution in [0.25, 0.3) is 17.1 Å². The second-order valence-corrected chi connectivity index (χ2v) is 8.07. The first-order chi connectivity index (χ1) is 15.6. The van der Waals surface area contributed by atoms with Gasteiger partial charge in [-0.25, -0.2) is 4.79 Å². The Morgan fingerprint density at radius 3 is 2.50 bits per heavy atom. The van der Waals surface area contributed by atoms with Crippen molar-refractivity contribution in [1.29, 1.82) is 0 Å². The van der Waals surface area contributed by atoms with Crippen LogP contribution in [-0.2, 0) is 4.79 Å². The van der Waals surface area contributed by atoms with E-state index in [1.165, 1.54) is 11.8 Å². The van der Waals surface area contributed by atoms with Crippen LogP contribution in [0, 0.1) is 0 Å². The average molecular weight is 454 g/mol. The number of nitrogens with one attached hydrogen (secondary N) is 2. The number of benzene rings is 2. The van der Waals surface area contributed by atoms with Gasteiger partial charge in [-0.3, -0.25) is 14.7 Å². The molecular formula is C22H23N5O4S. The van der Waals surface area contributed by atoms with Crippen molar-refractivity contribution in [3.63, 3.8) is 0 Å². The Balaban J connectivity index is 1.60. The van der Waals surface area contributed by atoms with E-state index in [2.05, 4.69) is 20.8 Å². The Morgan fingerprint density at radius 2 is 1.81 bits per heavy atom. The topological polar surface area (TPSA) is 107 Å². The minimum Gasteiger partial charge on any atom is -0.497 e. The third-order valence-electron chi connectivity index (χ3n) is 4.81. The van der Waals surface area contributed by atoms with E-state index in [0.717, 1.165) is 29.8 Å². The van der Waals surface area contributed by atoms with E-state index in [1.54, 1.807) is 14.2 Å². The number of methoxy groups -OCH3 is 2. The number of urea groups is 1. The summed E-state index contributed by atoms with van der Waals surface area (Å²) in [6, 6.07) is 14.7. The molecule has 1 aliphatic rings. The Bertz CT molecular complexity index is 1110. The molecule has 0 radical (unpaired) electrons. The van der Waals surface area contributed by atoms with E-state index in [4.69, 9.17) is 9.47 Å². The van der Waals surface area contributed by atoms with Gasteiger partial charge in [-0.05, 0) is 49.2 Å². The number of hydrogen-bond acceptors (Lipinski definition) is 7. The summed E-state index contributed by atoms with van der Waals surface area (Å²) in [6.45, 7) is 0. The van der Waals surface area contributed by atoms with Gasteiger partial charge in [-0.1, -0.05) is 23.9 Å². The van der Waals surface area contributed by atoms with Gasteiger partial charge in [0.1, 0.15) is 11.5 Å². The van der Waals surface area contributed by atoms with Crippen molar-refractivity contribution in [2.75, 3.05) is 20.0 Å². The van der Waals surface area contributed by atoms with Gasteiger partial charge in [0.2, 0.25) is 5.91 Å². The van der Waals surface area contributed by atoms with E-state index >= 15 is 0 Å². The summed E-state index contributed by atoms with van der Waals surface area (Å²) in [5, 5.41) is 14.3. The van der Waals surface area contributed by atoms with E-state index < -0.39 is 11.9 Å². The Hall–Kier alpha value is -3.53. The summed E-state index contributed by atoms with van der Waals surface area (Å²) in [7, 11) is 3.20. The fourth-order valence-electron chi connectivity index (χ4n) is 3.07. The molecule has 4 rings (SSSR count). The number of thioether (sulfide) groups is 1. The van der Waals surface area contributed by atoms with Crippen molar-refractivity contribution < 1.29 is 19.1 Å². The number of hydrogen-bond donors (Lipinski definition) is 2. The summed E-state index contributed by atoms with van der Waals surface area (Å²) < 4.78 is 12.6. The number of aromatic nitrogens is 3. The minimum absolute atomic E-state index is 0.0122. The number of carbonyl (C=O) groups is 2. The number of carbonyl (C=O) groups excluding carboxylic acids is 2. The zero-order chi connectivity index (χ0) is 22.5. The molecule has 32 heavy (non-hydrogen) atoms. The second-order valence-electron chi connectivity index (χ2n) is 7.12. The van der Waals surface area contributed by atoms with Crippen LogP contribution in [0.3, 0.4) is 0 Å². The molecule has 0 unspecified atom stereocenters. The number of ether oxygens (including phenoxy) is 2.